The minimum atomic E-state index is 0.0363. The Kier molecular flexibility index (Phi) is 4.61. The average Bonchev–Trinajstić information content (AvgIpc) is 2.48. The molecule has 4 heteroatoms. The highest BCUT2D eigenvalue weighted by Crippen LogP contribution is 2.13. The van der Waals surface area contributed by atoms with Crippen molar-refractivity contribution in [1.82, 2.24) is 0 Å². The van der Waals surface area contributed by atoms with E-state index in [1.165, 1.54) is 13.8 Å². The second-order valence-corrected chi connectivity index (χ2v) is 4.64. The standard InChI is InChI=1S/C17H16N2O2/c1-12(20)14-3-7-16(8-4-14)18-11-19-17-9-5-15(6-10-17)13(2)21/h3-11H,1-2H3,(H,18,19). The summed E-state index contributed by atoms with van der Waals surface area (Å²) in [6.45, 7) is 3.07. The molecule has 0 spiro atoms. The lowest BCUT2D eigenvalue weighted by atomic mass is 10.1. The summed E-state index contributed by atoms with van der Waals surface area (Å²) in [5.41, 5.74) is 2.95. The Morgan fingerprint density at radius 1 is 0.857 bits per heavy atom. The third-order valence-corrected chi connectivity index (χ3v) is 3.01. The van der Waals surface area contributed by atoms with Gasteiger partial charge in [-0.05, 0) is 62.4 Å². The van der Waals surface area contributed by atoms with E-state index in [4.69, 9.17) is 0 Å². The smallest absolute Gasteiger partial charge is 0.159 e. The number of nitrogens with one attached hydrogen (secondary N) is 1. The van der Waals surface area contributed by atoms with Gasteiger partial charge in [0.2, 0.25) is 0 Å². The van der Waals surface area contributed by atoms with Crippen LogP contribution >= 0.6 is 0 Å². The molecule has 0 saturated carbocycles. The van der Waals surface area contributed by atoms with Gasteiger partial charge in [-0.15, -0.1) is 0 Å². The van der Waals surface area contributed by atoms with Gasteiger partial charge in [0.05, 0.1) is 12.0 Å². The summed E-state index contributed by atoms with van der Waals surface area (Å²) in [7, 11) is 0. The number of Topliss-reactive ketones (excluding diaryl/α,β-unsaturated/α-hetero) is 2. The van der Waals surface area contributed by atoms with Crippen molar-refractivity contribution in [2.45, 2.75) is 13.8 Å². The fraction of sp³-hybridized carbons (Fsp3) is 0.118. The lowest BCUT2D eigenvalue weighted by Crippen LogP contribution is -1.96. The normalized spacial score (nSPS) is 10.6. The van der Waals surface area contributed by atoms with Crippen molar-refractivity contribution in [1.29, 1.82) is 0 Å². The number of benzene rings is 2. The minimum absolute atomic E-state index is 0.0363. The summed E-state index contributed by atoms with van der Waals surface area (Å²) >= 11 is 0. The summed E-state index contributed by atoms with van der Waals surface area (Å²) < 4.78 is 0. The molecule has 2 aromatic rings. The molecule has 0 aromatic heterocycles. The molecule has 0 saturated heterocycles. The Balaban J connectivity index is 1.98. The molecule has 0 aliphatic carbocycles. The topological polar surface area (TPSA) is 58.5 Å². The van der Waals surface area contributed by atoms with Gasteiger partial charge in [0, 0.05) is 16.8 Å². The van der Waals surface area contributed by atoms with Crippen LogP contribution in [-0.2, 0) is 0 Å². The van der Waals surface area contributed by atoms with Crippen LogP contribution in [0, 0.1) is 0 Å². The van der Waals surface area contributed by atoms with Gasteiger partial charge < -0.3 is 5.32 Å². The van der Waals surface area contributed by atoms with E-state index in [1.807, 2.05) is 12.1 Å². The third-order valence-electron chi connectivity index (χ3n) is 3.01. The molecule has 0 radical (unpaired) electrons. The molecule has 0 unspecified atom stereocenters. The quantitative estimate of drug-likeness (QED) is 0.514. The van der Waals surface area contributed by atoms with Crippen molar-refractivity contribution in [3.63, 3.8) is 0 Å². The van der Waals surface area contributed by atoms with Crippen molar-refractivity contribution < 1.29 is 9.59 Å². The highest BCUT2D eigenvalue weighted by atomic mass is 16.1. The molecule has 0 aliphatic heterocycles. The number of anilines is 1. The van der Waals surface area contributed by atoms with Crippen LogP contribution in [0.2, 0.25) is 0 Å². The van der Waals surface area contributed by atoms with Crippen LogP contribution in [0.3, 0.4) is 0 Å². The number of hydrogen-bond donors (Lipinski definition) is 1. The van der Waals surface area contributed by atoms with Crippen LogP contribution in [0.25, 0.3) is 0 Å². The van der Waals surface area contributed by atoms with Gasteiger partial charge in [-0.3, -0.25) is 9.59 Å². The SMILES string of the molecule is CC(=O)c1ccc(N=CNc2ccc(C(C)=O)cc2)cc1. The lowest BCUT2D eigenvalue weighted by Gasteiger charge is -2.01. The van der Waals surface area contributed by atoms with Gasteiger partial charge in [-0.25, -0.2) is 4.99 Å². The van der Waals surface area contributed by atoms with Crippen LogP contribution < -0.4 is 5.32 Å². The number of aliphatic imine (C=N–C) groups is 1. The Morgan fingerprint density at radius 2 is 1.33 bits per heavy atom. The predicted octanol–water partition coefficient (Wildman–Crippen LogP) is 3.86. The Morgan fingerprint density at radius 3 is 1.81 bits per heavy atom. The van der Waals surface area contributed by atoms with E-state index in [-0.39, 0.29) is 11.6 Å². The molecule has 0 bridgehead atoms. The summed E-state index contributed by atoms with van der Waals surface area (Å²) in [4.78, 5) is 26.6. The Hall–Kier alpha value is -2.75. The third kappa shape index (κ3) is 4.11. The van der Waals surface area contributed by atoms with Gasteiger partial charge in [0.25, 0.3) is 0 Å². The Labute approximate surface area is 123 Å². The van der Waals surface area contributed by atoms with Gasteiger partial charge in [-0.2, -0.15) is 0 Å². The largest absolute Gasteiger partial charge is 0.346 e. The van der Waals surface area contributed by atoms with Gasteiger partial charge in [0.1, 0.15) is 0 Å². The molecule has 4 nitrogen and oxygen atoms in total. The fourth-order valence-electron chi connectivity index (χ4n) is 1.76. The maximum absolute atomic E-state index is 11.2. The molecule has 2 rings (SSSR count). The van der Waals surface area contributed by atoms with E-state index in [1.54, 1.807) is 42.7 Å². The van der Waals surface area contributed by atoms with E-state index < -0.39 is 0 Å². The zero-order valence-electron chi connectivity index (χ0n) is 12.0. The van der Waals surface area contributed by atoms with Crippen LogP contribution in [0.4, 0.5) is 11.4 Å². The van der Waals surface area contributed by atoms with Crippen LogP contribution in [-0.4, -0.2) is 17.9 Å². The first-order chi connectivity index (χ1) is 10.1. The number of rotatable bonds is 5. The summed E-state index contributed by atoms with van der Waals surface area (Å²) in [6, 6.07) is 14.2. The minimum Gasteiger partial charge on any atom is -0.346 e. The van der Waals surface area contributed by atoms with Crippen molar-refractivity contribution in [3.8, 4) is 0 Å². The number of nitrogens with zero attached hydrogens (tertiary/aromatic N) is 1. The van der Waals surface area contributed by atoms with E-state index in [9.17, 15) is 9.59 Å². The van der Waals surface area contributed by atoms with Crippen LogP contribution in [0.15, 0.2) is 53.5 Å². The zero-order chi connectivity index (χ0) is 15.2. The van der Waals surface area contributed by atoms with Gasteiger partial charge in [-0.1, -0.05) is 0 Å². The molecule has 0 amide bonds. The average molecular weight is 280 g/mol. The molecule has 0 aliphatic rings. The molecule has 1 N–H and O–H groups in total. The second kappa shape index (κ2) is 6.61. The van der Waals surface area contributed by atoms with Crippen molar-refractivity contribution in [2.24, 2.45) is 4.99 Å². The van der Waals surface area contributed by atoms with E-state index >= 15 is 0 Å². The molecule has 21 heavy (non-hydrogen) atoms. The predicted molar refractivity (Wildman–Crippen MR) is 84.7 cm³/mol. The second-order valence-electron chi connectivity index (χ2n) is 4.64. The first-order valence-corrected chi connectivity index (χ1v) is 6.57. The monoisotopic (exact) mass is 280 g/mol. The number of hydrogen-bond acceptors (Lipinski definition) is 3. The maximum Gasteiger partial charge on any atom is 0.159 e. The molecule has 0 heterocycles. The van der Waals surface area contributed by atoms with Crippen molar-refractivity contribution in [3.05, 3.63) is 59.7 Å². The van der Waals surface area contributed by atoms with Crippen molar-refractivity contribution in [2.75, 3.05) is 5.32 Å². The molecule has 0 atom stereocenters. The van der Waals surface area contributed by atoms with Gasteiger partial charge in [0.15, 0.2) is 11.6 Å². The Bertz CT molecular complexity index is 671. The fourth-order valence-corrected chi connectivity index (χ4v) is 1.76. The highest BCUT2D eigenvalue weighted by molar-refractivity contribution is 5.95. The molecule has 2 aromatic carbocycles. The van der Waals surface area contributed by atoms with E-state index in [0.717, 1.165) is 11.4 Å². The number of carbonyl (C=O) groups is 2. The van der Waals surface area contributed by atoms with E-state index in [2.05, 4.69) is 10.3 Å². The van der Waals surface area contributed by atoms with Crippen molar-refractivity contribution >= 4 is 29.3 Å². The van der Waals surface area contributed by atoms with Crippen LogP contribution in [0.5, 0.6) is 0 Å². The van der Waals surface area contributed by atoms with Crippen LogP contribution in [0.1, 0.15) is 34.6 Å². The maximum atomic E-state index is 11.2. The molecular formula is C17H16N2O2. The first kappa shape index (κ1) is 14.7. The number of carbonyl (C=O) groups excluding carboxylic acids is 2. The number of ketones is 2. The molecule has 0 fully saturated rings. The zero-order valence-corrected chi connectivity index (χ0v) is 12.0. The highest BCUT2D eigenvalue weighted by Gasteiger charge is 1.98. The summed E-state index contributed by atoms with van der Waals surface area (Å²) in [5, 5.41) is 3.03. The first-order valence-electron chi connectivity index (χ1n) is 6.57. The molecular weight excluding hydrogens is 264 g/mol. The van der Waals surface area contributed by atoms with E-state index in [0.29, 0.717) is 11.1 Å². The lowest BCUT2D eigenvalue weighted by molar-refractivity contribution is 0.100. The van der Waals surface area contributed by atoms with Gasteiger partial charge >= 0.3 is 0 Å². The summed E-state index contributed by atoms with van der Waals surface area (Å²) in [5.74, 6) is 0.0787. The summed E-state index contributed by atoms with van der Waals surface area (Å²) in [6.07, 6.45) is 1.57. The molecule has 106 valence electrons.